The van der Waals surface area contributed by atoms with Gasteiger partial charge in [-0.2, -0.15) is 0 Å². The van der Waals surface area contributed by atoms with Crippen LogP contribution in [0.15, 0.2) is 84.9 Å². The summed E-state index contributed by atoms with van der Waals surface area (Å²) in [5, 5.41) is 14.4. The summed E-state index contributed by atoms with van der Waals surface area (Å²) in [6.45, 7) is 2.52. The zero-order valence-electron chi connectivity index (χ0n) is 17.9. The van der Waals surface area contributed by atoms with Crippen LogP contribution < -0.4 is 5.32 Å². The van der Waals surface area contributed by atoms with Crippen molar-refractivity contribution in [1.82, 2.24) is 10.2 Å². The van der Waals surface area contributed by atoms with Gasteiger partial charge in [-0.15, -0.1) is 0 Å². The number of nitrogens with one attached hydrogen (secondary N) is 1. The van der Waals surface area contributed by atoms with Crippen molar-refractivity contribution in [1.29, 1.82) is 0 Å². The van der Waals surface area contributed by atoms with Gasteiger partial charge in [0.2, 0.25) is 0 Å². The standard InChI is InChI=1S/C26H28N2O3/c1-3-28(2)25(30)22-14-10-13-21(17-22)24(29)27-19-26(31,23-15-8-5-9-16-23)18-20-11-6-4-7-12-20/h4-17,31H,3,18-19H2,1-2H3,(H,27,29)/t26-/m0/s1. The number of rotatable bonds is 8. The normalized spacial score (nSPS) is 12.6. The van der Waals surface area contributed by atoms with Gasteiger partial charge in [-0.25, -0.2) is 0 Å². The molecule has 2 amide bonds. The van der Waals surface area contributed by atoms with E-state index in [4.69, 9.17) is 0 Å². The molecule has 31 heavy (non-hydrogen) atoms. The summed E-state index contributed by atoms with van der Waals surface area (Å²) in [4.78, 5) is 26.8. The summed E-state index contributed by atoms with van der Waals surface area (Å²) in [6.07, 6.45) is 0.359. The van der Waals surface area contributed by atoms with E-state index in [1.807, 2.05) is 67.6 Å². The first kappa shape index (κ1) is 22.2. The van der Waals surface area contributed by atoms with Gasteiger partial charge < -0.3 is 15.3 Å². The van der Waals surface area contributed by atoms with Gasteiger partial charge in [-0.3, -0.25) is 9.59 Å². The molecule has 3 aromatic rings. The van der Waals surface area contributed by atoms with Gasteiger partial charge in [0.15, 0.2) is 0 Å². The topological polar surface area (TPSA) is 69.6 Å². The molecule has 0 saturated heterocycles. The zero-order valence-corrected chi connectivity index (χ0v) is 17.9. The van der Waals surface area contributed by atoms with Crippen molar-refractivity contribution in [2.45, 2.75) is 18.9 Å². The van der Waals surface area contributed by atoms with E-state index in [0.29, 0.717) is 24.1 Å². The highest BCUT2D eigenvalue weighted by Gasteiger charge is 2.30. The van der Waals surface area contributed by atoms with Crippen LogP contribution >= 0.6 is 0 Å². The van der Waals surface area contributed by atoms with Crippen LogP contribution in [0.5, 0.6) is 0 Å². The summed E-state index contributed by atoms with van der Waals surface area (Å²) in [7, 11) is 1.72. The summed E-state index contributed by atoms with van der Waals surface area (Å²) >= 11 is 0. The van der Waals surface area contributed by atoms with E-state index in [-0.39, 0.29) is 18.4 Å². The lowest BCUT2D eigenvalue weighted by molar-refractivity contribution is 0.0353. The molecular formula is C26H28N2O3. The molecule has 0 spiro atoms. The Morgan fingerprint density at radius 3 is 2.16 bits per heavy atom. The zero-order chi connectivity index (χ0) is 22.3. The van der Waals surface area contributed by atoms with Gasteiger partial charge in [-0.05, 0) is 36.2 Å². The number of nitrogens with zero attached hydrogens (tertiary/aromatic N) is 1. The van der Waals surface area contributed by atoms with E-state index in [9.17, 15) is 14.7 Å². The van der Waals surface area contributed by atoms with Crippen LogP contribution in [-0.4, -0.2) is 42.0 Å². The van der Waals surface area contributed by atoms with E-state index in [2.05, 4.69) is 5.32 Å². The highest BCUT2D eigenvalue weighted by molar-refractivity contribution is 5.99. The average molecular weight is 417 g/mol. The lowest BCUT2D eigenvalue weighted by Crippen LogP contribution is -2.42. The van der Waals surface area contributed by atoms with Gasteiger partial charge >= 0.3 is 0 Å². The first-order valence-corrected chi connectivity index (χ1v) is 10.4. The molecule has 0 aliphatic rings. The molecule has 5 heteroatoms. The van der Waals surface area contributed by atoms with Crippen LogP contribution in [0.2, 0.25) is 0 Å². The number of amides is 2. The SMILES string of the molecule is CCN(C)C(=O)c1cccc(C(=O)NC[C@@](O)(Cc2ccccc2)c2ccccc2)c1. The molecular weight excluding hydrogens is 388 g/mol. The van der Waals surface area contributed by atoms with Crippen molar-refractivity contribution < 1.29 is 14.7 Å². The lowest BCUT2D eigenvalue weighted by Gasteiger charge is -2.29. The molecule has 160 valence electrons. The number of hydrogen-bond acceptors (Lipinski definition) is 3. The van der Waals surface area contributed by atoms with E-state index in [1.54, 1.807) is 36.2 Å². The molecule has 0 unspecified atom stereocenters. The fraction of sp³-hybridized carbons (Fsp3) is 0.231. The molecule has 0 aliphatic heterocycles. The van der Waals surface area contributed by atoms with Crippen LogP contribution in [0.4, 0.5) is 0 Å². The maximum atomic E-state index is 12.8. The van der Waals surface area contributed by atoms with E-state index in [0.717, 1.165) is 11.1 Å². The Morgan fingerprint density at radius 1 is 0.903 bits per heavy atom. The number of benzene rings is 3. The monoisotopic (exact) mass is 416 g/mol. The molecule has 3 aromatic carbocycles. The first-order valence-electron chi connectivity index (χ1n) is 10.4. The van der Waals surface area contributed by atoms with Gasteiger partial charge in [0.05, 0.1) is 6.54 Å². The van der Waals surface area contributed by atoms with Crippen LogP contribution in [0.3, 0.4) is 0 Å². The number of carbonyl (C=O) groups excluding carboxylic acids is 2. The fourth-order valence-electron chi connectivity index (χ4n) is 3.43. The Hall–Kier alpha value is -3.44. The summed E-state index contributed by atoms with van der Waals surface area (Å²) in [5.74, 6) is -0.474. The predicted octanol–water partition coefficient (Wildman–Crippen LogP) is 3.64. The Labute approximate surface area is 183 Å². The van der Waals surface area contributed by atoms with Crippen LogP contribution in [-0.2, 0) is 12.0 Å². The minimum Gasteiger partial charge on any atom is -0.383 e. The molecule has 1 atom stereocenters. The van der Waals surface area contributed by atoms with Crippen molar-refractivity contribution >= 4 is 11.8 Å². The van der Waals surface area contributed by atoms with Gasteiger partial charge in [-0.1, -0.05) is 66.7 Å². The van der Waals surface area contributed by atoms with Gasteiger partial charge in [0, 0.05) is 31.1 Å². The Kier molecular flexibility index (Phi) is 7.21. The quantitative estimate of drug-likeness (QED) is 0.589. The highest BCUT2D eigenvalue weighted by Crippen LogP contribution is 2.25. The maximum Gasteiger partial charge on any atom is 0.253 e. The summed E-state index contributed by atoms with van der Waals surface area (Å²) in [5.41, 5.74) is 1.27. The van der Waals surface area contributed by atoms with E-state index >= 15 is 0 Å². The molecule has 0 saturated carbocycles. The van der Waals surface area contributed by atoms with Crippen molar-refractivity contribution in [2.75, 3.05) is 20.1 Å². The van der Waals surface area contributed by atoms with Crippen LogP contribution in [0.25, 0.3) is 0 Å². The second kappa shape index (κ2) is 10.0. The Morgan fingerprint density at radius 2 is 1.52 bits per heavy atom. The molecule has 0 heterocycles. The first-order chi connectivity index (χ1) is 14.9. The third-order valence-electron chi connectivity index (χ3n) is 5.38. The third kappa shape index (κ3) is 5.58. The van der Waals surface area contributed by atoms with E-state index in [1.165, 1.54) is 0 Å². The smallest absolute Gasteiger partial charge is 0.253 e. The largest absolute Gasteiger partial charge is 0.383 e. The molecule has 0 bridgehead atoms. The molecule has 0 fully saturated rings. The average Bonchev–Trinajstić information content (AvgIpc) is 2.82. The summed E-state index contributed by atoms with van der Waals surface area (Å²) in [6, 6.07) is 25.7. The van der Waals surface area contributed by atoms with Gasteiger partial charge in [0.25, 0.3) is 11.8 Å². The molecule has 3 rings (SSSR count). The number of hydrogen-bond donors (Lipinski definition) is 2. The van der Waals surface area contributed by atoms with Crippen molar-refractivity contribution in [3.05, 3.63) is 107 Å². The molecule has 0 aliphatic carbocycles. The fourth-order valence-corrected chi connectivity index (χ4v) is 3.43. The predicted molar refractivity (Wildman–Crippen MR) is 122 cm³/mol. The van der Waals surface area contributed by atoms with Gasteiger partial charge in [0.1, 0.15) is 5.60 Å². The molecule has 2 N–H and O–H groups in total. The van der Waals surface area contributed by atoms with Crippen molar-refractivity contribution in [2.24, 2.45) is 0 Å². The molecule has 0 radical (unpaired) electrons. The Bertz CT molecular complexity index is 1020. The Balaban J connectivity index is 1.79. The van der Waals surface area contributed by atoms with Crippen LogP contribution in [0, 0.1) is 0 Å². The van der Waals surface area contributed by atoms with Crippen molar-refractivity contribution in [3.8, 4) is 0 Å². The number of carbonyl (C=O) groups is 2. The number of aliphatic hydroxyl groups is 1. The molecule has 5 nitrogen and oxygen atoms in total. The minimum absolute atomic E-state index is 0.0395. The van der Waals surface area contributed by atoms with Crippen LogP contribution in [0.1, 0.15) is 38.8 Å². The summed E-state index contributed by atoms with van der Waals surface area (Å²) < 4.78 is 0. The van der Waals surface area contributed by atoms with Crippen molar-refractivity contribution in [3.63, 3.8) is 0 Å². The second-order valence-corrected chi connectivity index (χ2v) is 7.64. The maximum absolute atomic E-state index is 12.8. The minimum atomic E-state index is -1.27. The lowest BCUT2D eigenvalue weighted by atomic mass is 9.87. The third-order valence-corrected chi connectivity index (χ3v) is 5.38. The van der Waals surface area contributed by atoms with E-state index < -0.39 is 5.60 Å². The highest BCUT2D eigenvalue weighted by atomic mass is 16.3. The molecule has 0 aromatic heterocycles. The second-order valence-electron chi connectivity index (χ2n) is 7.64.